The van der Waals surface area contributed by atoms with Crippen LogP contribution >= 0.6 is 0 Å². The van der Waals surface area contributed by atoms with Crippen LogP contribution in [0.1, 0.15) is 77.0 Å². The van der Waals surface area contributed by atoms with Crippen molar-refractivity contribution in [2.24, 2.45) is 34.5 Å². The number of Topliss-reactive ketones (excluding diaryl/α,β-unsaturated/α-hetero) is 2. The lowest BCUT2D eigenvalue weighted by Crippen LogP contribution is -2.53. The minimum atomic E-state index is -1.27. The van der Waals surface area contributed by atoms with Crippen molar-refractivity contribution < 1.29 is 15.1 Å². The molecule has 0 spiro atoms. The van der Waals surface area contributed by atoms with Gasteiger partial charge in [0, 0.05) is 30.1 Å². The largest absolute Gasteiger partial charge is 0.300 e. The number of carbonyl (C=O) groups is 2. The van der Waals surface area contributed by atoms with Crippen LogP contribution < -0.4 is 0 Å². The van der Waals surface area contributed by atoms with Gasteiger partial charge >= 0.3 is 0 Å². The Morgan fingerprint density at radius 3 is 2.76 bits per heavy atom. The zero-order chi connectivity index (χ0) is 18.4. The third-order valence-corrected chi connectivity index (χ3v) is 7.27. The topological polar surface area (TPSA) is 34.1 Å². The minimum absolute atomic E-state index is 0.0685. The normalized spacial score (nSPS) is 69.8. The molecule has 9 atom stereocenters. The smallest absolute Gasteiger partial charge is 0.139 e. The van der Waals surface area contributed by atoms with Crippen LogP contribution in [-0.4, -0.2) is 11.6 Å². The summed E-state index contributed by atoms with van der Waals surface area (Å²) in [5, 5.41) is 0. The van der Waals surface area contributed by atoms with Crippen LogP contribution in [0, 0.1) is 34.5 Å². The Balaban J connectivity index is 1.78. The number of rotatable bonds is 0. The average Bonchev–Trinajstić information content (AvgIpc) is 2.89. The summed E-state index contributed by atoms with van der Waals surface area (Å²) in [5.74, 6) is -0.804. The van der Waals surface area contributed by atoms with E-state index in [9.17, 15) is 9.59 Å². The third kappa shape index (κ3) is 1.77. The molecule has 0 aromatic carbocycles. The Bertz CT molecular complexity index is 639. The first kappa shape index (κ1) is 10.2. The molecule has 0 radical (unpaired) electrons. The molecule has 0 saturated heterocycles. The van der Waals surface area contributed by atoms with Crippen molar-refractivity contribution in [3.05, 3.63) is 0 Å². The Hall–Kier alpha value is -0.660. The van der Waals surface area contributed by atoms with Crippen molar-refractivity contribution in [2.75, 3.05) is 0 Å². The zero-order valence-corrected chi connectivity index (χ0v) is 13.0. The second-order valence-electron chi connectivity index (χ2n) is 8.02. The molecule has 0 bridgehead atoms. The quantitative estimate of drug-likeness (QED) is 0.671. The molecule has 0 aromatic rings. The second kappa shape index (κ2) is 4.43. The number of ketones is 2. The molecule has 0 heterocycles. The molecule has 0 aliphatic heterocycles. The molecule has 4 aliphatic rings. The molecule has 21 heavy (non-hydrogen) atoms. The Kier molecular flexibility index (Phi) is 2.14. The van der Waals surface area contributed by atoms with Crippen LogP contribution in [0.15, 0.2) is 0 Å². The first-order valence-corrected chi connectivity index (χ1v) is 8.43. The van der Waals surface area contributed by atoms with Gasteiger partial charge in [0.1, 0.15) is 11.6 Å². The number of hydrogen-bond donors (Lipinski definition) is 0. The fraction of sp³-hybridized carbons (Fsp3) is 0.895. The van der Waals surface area contributed by atoms with Gasteiger partial charge < -0.3 is 0 Å². The molecule has 4 saturated carbocycles. The molecule has 0 amide bonds. The molecule has 4 rings (SSSR count). The molecule has 4 fully saturated rings. The van der Waals surface area contributed by atoms with Crippen LogP contribution in [0.2, 0.25) is 0 Å². The van der Waals surface area contributed by atoms with Crippen molar-refractivity contribution in [1.82, 2.24) is 0 Å². The number of carbonyl (C=O) groups excluding carboxylic acids is 2. The summed E-state index contributed by atoms with van der Waals surface area (Å²) in [6.07, 6.45) is 0.922. The summed E-state index contributed by atoms with van der Waals surface area (Å²) >= 11 is 0. The SMILES string of the molecule is [2H][C@@H]1C(=O)[C@H]([2H])[C@H]([2H])[C@]2(C)[C@H]3CC[C@]4(C)C(=O)CC[C@H]4[C@@H]3CC[C@@]12[2H]. The maximum atomic E-state index is 12.5. The highest BCUT2D eigenvalue weighted by molar-refractivity contribution is 5.87. The average molecular weight is 292 g/mol. The highest BCUT2D eigenvalue weighted by Crippen LogP contribution is 2.65. The number of fused-ring (bicyclic) bond motifs is 5. The highest BCUT2D eigenvalue weighted by atomic mass is 16.1. The highest BCUT2D eigenvalue weighted by Gasteiger charge is 2.60. The summed E-state index contributed by atoms with van der Waals surface area (Å²) in [7, 11) is 0. The molecular formula is C19H28O2. The third-order valence-electron chi connectivity index (χ3n) is 7.27. The first-order chi connectivity index (χ1) is 11.6. The van der Waals surface area contributed by atoms with E-state index in [1.54, 1.807) is 0 Å². The van der Waals surface area contributed by atoms with Gasteiger partial charge in [0.25, 0.3) is 0 Å². The zero-order valence-electron chi connectivity index (χ0n) is 17.0. The van der Waals surface area contributed by atoms with E-state index in [0.29, 0.717) is 24.5 Å². The van der Waals surface area contributed by atoms with Crippen molar-refractivity contribution in [1.29, 1.82) is 0 Å². The van der Waals surface area contributed by atoms with Gasteiger partial charge in [-0.3, -0.25) is 9.59 Å². The van der Waals surface area contributed by atoms with Gasteiger partial charge in [0.15, 0.2) is 0 Å². The fourth-order valence-electron chi connectivity index (χ4n) is 5.97. The molecule has 0 aromatic heterocycles. The van der Waals surface area contributed by atoms with E-state index in [0.717, 1.165) is 25.7 Å². The Morgan fingerprint density at radius 1 is 1.14 bits per heavy atom. The maximum absolute atomic E-state index is 12.5. The summed E-state index contributed by atoms with van der Waals surface area (Å²) in [6.45, 7) is 4.00. The molecular weight excluding hydrogens is 260 g/mol. The second-order valence-corrected chi connectivity index (χ2v) is 8.02. The molecule has 0 unspecified atom stereocenters. The van der Waals surface area contributed by atoms with Gasteiger partial charge in [0.2, 0.25) is 0 Å². The van der Waals surface area contributed by atoms with E-state index in [2.05, 4.69) is 6.92 Å². The standard InChI is InChI=1S/C19H28O2/c1-18-9-7-13(20)11-12(18)3-4-14-15-5-6-17(21)19(15,2)10-8-16(14)18/h12,14-16H,3-11H2,1-2H3/t12-,14-,15-,16-,18-,19-/m0/s1/i7D,9D,11D,12D/t7-,9+,11+,12+,14+,15+,16+,18+,19+/m1. The molecule has 2 heteroatoms. The fourth-order valence-corrected chi connectivity index (χ4v) is 5.97. The van der Waals surface area contributed by atoms with Crippen molar-refractivity contribution in [3.63, 3.8) is 0 Å². The van der Waals surface area contributed by atoms with E-state index < -0.39 is 36.3 Å². The van der Waals surface area contributed by atoms with Crippen molar-refractivity contribution in [3.8, 4) is 0 Å². The van der Waals surface area contributed by atoms with Gasteiger partial charge in [-0.25, -0.2) is 0 Å². The van der Waals surface area contributed by atoms with E-state index in [4.69, 9.17) is 5.48 Å². The predicted molar refractivity (Wildman–Crippen MR) is 81.7 cm³/mol. The van der Waals surface area contributed by atoms with Crippen LogP contribution in [0.5, 0.6) is 0 Å². The van der Waals surface area contributed by atoms with Crippen molar-refractivity contribution in [2.45, 2.75) is 71.6 Å². The van der Waals surface area contributed by atoms with Crippen LogP contribution in [-0.2, 0) is 9.59 Å². The predicted octanol–water partition coefficient (Wildman–Crippen LogP) is 4.17. The molecule has 2 nitrogen and oxygen atoms in total. The van der Waals surface area contributed by atoms with Crippen LogP contribution in [0.4, 0.5) is 0 Å². The Morgan fingerprint density at radius 2 is 1.95 bits per heavy atom. The molecule has 116 valence electrons. The minimum Gasteiger partial charge on any atom is -0.300 e. The summed E-state index contributed by atoms with van der Waals surface area (Å²) in [4.78, 5) is 24.8. The van der Waals surface area contributed by atoms with Crippen LogP contribution in [0.3, 0.4) is 0 Å². The summed E-state index contributed by atoms with van der Waals surface area (Å²) in [5.41, 5.74) is -1.09. The van der Waals surface area contributed by atoms with Crippen molar-refractivity contribution >= 4 is 11.6 Å². The van der Waals surface area contributed by atoms with Gasteiger partial charge in [0.05, 0.1) is 0 Å². The van der Waals surface area contributed by atoms with E-state index in [-0.39, 0.29) is 17.3 Å². The van der Waals surface area contributed by atoms with Gasteiger partial charge in [-0.15, -0.1) is 0 Å². The Labute approximate surface area is 133 Å². The lowest BCUT2D eigenvalue weighted by Gasteiger charge is -2.59. The summed E-state index contributed by atoms with van der Waals surface area (Å²) < 4.78 is 34.3. The monoisotopic (exact) mass is 292 g/mol. The van der Waals surface area contributed by atoms with Crippen LogP contribution in [0.25, 0.3) is 0 Å². The first-order valence-electron chi connectivity index (χ1n) is 10.7. The van der Waals surface area contributed by atoms with Gasteiger partial charge in [-0.1, -0.05) is 13.8 Å². The molecule has 4 aliphatic carbocycles. The van der Waals surface area contributed by atoms with E-state index in [1.165, 1.54) is 0 Å². The van der Waals surface area contributed by atoms with Gasteiger partial charge in [-0.05, 0) is 67.6 Å². The van der Waals surface area contributed by atoms with E-state index >= 15 is 0 Å². The molecule has 0 N–H and O–H groups in total. The lowest BCUT2D eigenvalue weighted by atomic mass is 9.45. The maximum Gasteiger partial charge on any atom is 0.139 e. The lowest BCUT2D eigenvalue weighted by molar-refractivity contribution is -0.144. The van der Waals surface area contributed by atoms with E-state index in [1.807, 2.05) is 6.92 Å². The number of hydrogen-bond acceptors (Lipinski definition) is 2. The van der Waals surface area contributed by atoms with Gasteiger partial charge in [-0.2, -0.15) is 0 Å². The summed E-state index contributed by atoms with van der Waals surface area (Å²) in [6, 6.07) is 0.